The van der Waals surface area contributed by atoms with Crippen molar-refractivity contribution in [3.05, 3.63) is 71.0 Å². The van der Waals surface area contributed by atoms with E-state index >= 15 is 0 Å². The summed E-state index contributed by atoms with van der Waals surface area (Å²) in [7, 11) is 0. The number of hydrogen-bond donors (Lipinski definition) is 1. The molecule has 1 unspecified atom stereocenters. The Morgan fingerprint density at radius 3 is 2.24 bits per heavy atom. The van der Waals surface area contributed by atoms with Gasteiger partial charge in [-0.2, -0.15) is 0 Å². The minimum atomic E-state index is -0.544. The average molecular weight is 293 g/mol. The molecule has 1 atom stereocenters. The Bertz CT molecular complexity index is 578. The van der Waals surface area contributed by atoms with Gasteiger partial charge in [-0.3, -0.25) is 0 Å². The molecule has 2 rings (SSSR count). The fraction of sp³-hybridized carbons (Fsp3) is 0.294. The zero-order valence-corrected chi connectivity index (χ0v) is 11.9. The van der Waals surface area contributed by atoms with Gasteiger partial charge in [-0.05, 0) is 49.2 Å². The van der Waals surface area contributed by atoms with E-state index in [9.17, 15) is 13.2 Å². The maximum absolute atomic E-state index is 13.7. The van der Waals surface area contributed by atoms with Gasteiger partial charge in [-0.1, -0.05) is 25.1 Å². The first-order valence-electron chi connectivity index (χ1n) is 7.01. The lowest BCUT2D eigenvalue weighted by Crippen LogP contribution is -2.33. The predicted molar refractivity (Wildman–Crippen MR) is 77.6 cm³/mol. The van der Waals surface area contributed by atoms with E-state index in [2.05, 4.69) is 5.32 Å². The number of benzene rings is 2. The second kappa shape index (κ2) is 7.27. The highest BCUT2D eigenvalue weighted by Crippen LogP contribution is 2.16. The van der Waals surface area contributed by atoms with Crippen LogP contribution in [-0.4, -0.2) is 12.6 Å². The van der Waals surface area contributed by atoms with E-state index < -0.39 is 11.6 Å². The molecule has 0 amide bonds. The molecule has 0 aliphatic heterocycles. The minimum absolute atomic E-state index is 0.0693. The summed E-state index contributed by atoms with van der Waals surface area (Å²) in [5.74, 6) is -1.39. The van der Waals surface area contributed by atoms with Crippen molar-refractivity contribution in [1.82, 2.24) is 5.32 Å². The van der Waals surface area contributed by atoms with Crippen molar-refractivity contribution in [3.8, 4) is 0 Å². The second-order valence-corrected chi connectivity index (χ2v) is 4.99. The summed E-state index contributed by atoms with van der Waals surface area (Å²) >= 11 is 0. The van der Waals surface area contributed by atoms with Gasteiger partial charge in [0.1, 0.15) is 17.5 Å². The molecule has 0 aliphatic rings. The highest BCUT2D eigenvalue weighted by atomic mass is 19.1. The van der Waals surface area contributed by atoms with Crippen LogP contribution in [0.3, 0.4) is 0 Å². The fourth-order valence-corrected chi connectivity index (χ4v) is 2.43. The van der Waals surface area contributed by atoms with Gasteiger partial charge in [-0.25, -0.2) is 13.2 Å². The summed E-state index contributed by atoms with van der Waals surface area (Å²) in [4.78, 5) is 0. The van der Waals surface area contributed by atoms with Crippen LogP contribution in [0, 0.1) is 17.5 Å². The summed E-state index contributed by atoms with van der Waals surface area (Å²) in [5.41, 5.74) is 0.873. The average Bonchev–Trinajstić information content (AvgIpc) is 2.43. The highest BCUT2D eigenvalue weighted by molar-refractivity contribution is 5.23. The van der Waals surface area contributed by atoms with E-state index in [4.69, 9.17) is 0 Å². The van der Waals surface area contributed by atoms with Crippen LogP contribution in [0.15, 0.2) is 42.5 Å². The molecule has 0 aliphatic carbocycles. The molecule has 0 bridgehead atoms. The highest BCUT2D eigenvalue weighted by Gasteiger charge is 2.16. The number of halogens is 3. The molecule has 0 heterocycles. The summed E-state index contributed by atoms with van der Waals surface area (Å²) in [5, 5.41) is 3.20. The number of hydrogen-bond acceptors (Lipinski definition) is 1. The van der Waals surface area contributed by atoms with E-state index in [-0.39, 0.29) is 23.8 Å². The van der Waals surface area contributed by atoms with Crippen LogP contribution in [-0.2, 0) is 12.8 Å². The van der Waals surface area contributed by atoms with Gasteiger partial charge in [-0.15, -0.1) is 0 Å². The van der Waals surface area contributed by atoms with Gasteiger partial charge in [0.25, 0.3) is 0 Å². The van der Waals surface area contributed by atoms with Crippen LogP contribution in [0.2, 0.25) is 0 Å². The third-order valence-corrected chi connectivity index (χ3v) is 3.38. The summed E-state index contributed by atoms with van der Waals surface area (Å²) in [6, 6.07) is 9.98. The van der Waals surface area contributed by atoms with Crippen LogP contribution in [0.1, 0.15) is 18.1 Å². The molecule has 0 aromatic heterocycles. The quantitative estimate of drug-likeness (QED) is 0.852. The minimum Gasteiger partial charge on any atom is -0.314 e. The lowest BCUT2D eigenvalue weighted by Gasteiger charge is -2.19. The Morgan fingerprint density at radius 2 is 1.62 bits per heavy atom. The molecular formula is C17H18F3N. The van der Waals surface area contributed by atoms with E-state index in [1.54, 1.807) is 6.07 Å². The lowest BCUT2D eigenvalue weighted by molar-refractivity contribution is 0.483. The first kappa shape index (κ1) is 15.6. The number of nitrogens with one attached hydrogen (secondary N) is 1. The van der Waals surface area contributed by atoms with Crippen molar-refractivity contribution in [2.75, 3.05) is 6.54 Å². The molecule has 1 nitrogen and oxygen atoms in total. The Hall–Kier alpha value is -1.81. The standard InChI is InChI=1S/C17H18F3N/c1-2-21-14(10-12-5-3-6-13(18)9-12)11-15-16(19)7-4-8-17(15)20/h3-9,14,21H,2,10-11H2,1H3. The van der Waals surface area contributed by atoms with Gasteiger partial charge in [0.2, 0.25) is 0 Å². The van der Waals surface area contributed by atoms with Gasteiger partial charge in [0.05, 0.1) is 0 Å². The maximum Gasteiger partial charge on any atom is 0.129 e. The third-order valence-electron chi connectivity index (χ3n) is 3.38. The van der Waals surface area contributed by atoms with Gasteiger partial charge < -0.3 is 5.32 Å². The summed E-state index contributed by atoms with van der Waals surface area (Å²) < 4.78 is 40.7. The fourth-order valence-electron chi connectivity index (χ4n) is 2.43. The maximum atomic E-state index is 13.7. The Morgan fingerprint density at radius 1 is 0.952 bits per heavy atom. The molecule has 0 radical (unpaired) electrons. The molecule has 0 spiro atoms. The van der Waals surface area contributed by atoms with Crippen LogP contribution in [0.25, 0.3) is 0 Å². The lowest BCUT2D eigenvalue weighted by atomic mass is 9.98. The molecule has 4 heteroatoms. The van der Waals surface area contributed by atoms with Crippen LogP contribution in [0.5, 0.6) is 0 Å². The molecular weight excluding hydrogens is 275 g/mol. The van der Waals surface area contributed by atoms with Crippen molar-refractivity contribution >= 4 is 0 Å². The normalized spacial score (nSPS) is 12.4. The smallest absolute Gasteiger partial charge is 0.129 e. The second-order valence-electron chi connectivity index (χ2n) is 4.99. The zero-order valence-electron chi connectivity index (χ0n) is 11.9. The van der Waals surface area contributed by atoms with Crippen molar-refractivity contribution < 1.29 is 13.2 Å². The molecule has 21 heavy (non-hydrogen) atoms. The van der Waals surface area contributed by atoms with E-state index in [0.717, 1.165) is 5.56 Å². The van der Waals surface area contributed by atoms with Crippen molar-refractivity contribution in [1.29, 1.82) is 0 Å². The summed E-state index contributed by atoms with van der Waals surface area (Å²) in [6.45, 7) is 2.60. The molecule has 1 N–H and O–H groups in total. The summed E-state index contributed by atoms with van der Waals surface area (Å²) in [6.07, 6.45) is 0.738. The Labute approximate surface area is 122 Å². The molecule has 112 valence electrons. The molecule has 0 saturated heterocycles. The van der Waals surface area contributed by atoms with E-state index in [0.29, 0.717) is 13.0 Å². The monoisotopic (exact) mass is 293 g/mol. The number of likely N-dealkylation sites (N-methyl/N-ethyl adjacent to an activating group) is 1. The Balaban J connectivity index is 2.16. The van der Waals surface area contributed by atoms with Crippen molar-refractivity contribution in [3.63, 3.8) is 0 Å². The first-order valence-corrected chi connectivity index (χ1v) is 7.01. The number of rotatable bonds is 6. The molecule has 0 fully saturated rings. The van der Waals surface area contributed by atoms with Crippen LogP contribution >= 0.6 is 0 Å². The van der Waals surface area contributed by atoms with Crippen molar-refractivity contribution in [2.45, 2.75) is 25.8 Å². The molecule has 2 aromatic rings. The largest absolute Gasteiger partial charge is 0.314 e. The SMILES string of the molecule is CCNC(Cc1cccc(F)c1)Cc1c(F)cccc1F. The van der Waals surface area contributed by atoms with Crippen LogP contribution in [0.4, 0.5) is 13.2 Å². The topological polar surface area (TPSA) is 12.0 Å². The van der Waals surface area contributed by atoms with Crippen LogP contribution < -0.4 is 5.32 Å². The van der Waals surface area contributed by atoms with Crippen molar-refractivity contribution in [2.24, 2.45) is 0 Å². The van der Waals surface area contributed by atoms with Gasteiger partial charge in [0, 0.05) is 11.6 Å². The predicted octanol–water partition coefficient (Wildman–Crippen LogP) is 3.87. The third kappa shape index (κ3) is 4.33. The van der Waals surface area contributed by atoms with Gasteiger partial charge >= 0.3 is 0 Å². The molecule has 2 aromatic carbocycles. The van der Waals surface area contributed by atoms with E-state index in [1.165, 1.54) is 30.3 Å². The van der Waals surface area contributed by atoms with E-state index in [1.807, 2.05) is 13.0 Å². The Kier molecular flexibility index (Phi) is 5.39. The zero-order chi connectivity index (χ0) is 15.2. The molecule has 0 saturated carbocycles. The first-order chi connectivity index (χ1) is 10.1. The van der Waals surface area contributed by atoms with Gasteiger partial charge in [0.15, 0.2) is 0 Å².